The fraction of sp³-hybridized carbons (Fsp3) is 0.300. The van der Waals surface area contributed by atoms with Crippen LogP contribution in [0.2, 0.25) is 0 Å². The molecule has 6 aromatic rings. The molecule has 0 radical (unpaired) electrons. The van der Waals surface area contributed by atoms with Gasteiger partial charge in [0.1, 0.15) is 11.7 Å². The summed E-state index contributed by atoms with van der Waals surface area (Å²) in [6, 6.07) is 17.3. The second-order valence-electron chi connectivity index (χ2n) is 13.0. The van der Waals surface area contributed by atoms with Gasteiger partial charge in [-0.15, -0.1) is 11.3 Å². The van der Waals surface area contributed by atoms with Gasteiger partial charge in [-0.05, 0) is 86.3 Å². The van der Waals surface area contributed by atoms with Crippen LogP contribution in [0.15, 0.2) is 76.4 Å². The van der Waals surface area contributed by atoms with Crippen LogP contribution < -0.4 is 27.4 Å². The summed E-state index contributed by atoms with van der Waals surface area (Å²) in [4.78, 5) is 71.1. The second-order valence-corrected chi connectivity index (χ2v) is 14.0. The molecule has 0 spiro atoms. The molecule has 0 aliphatic heterocycles. The molecule has 0 bridgehead atoms. The number of H-pyrrole nitrogens is 2. The number of anilines is 2. The molecule has 0 fully saturated rings. The SMILES string of the molecule is CCN(CC)CCNc1ccc(C)c2sc3ccccc3c(=O)c12.Nc1nc2[nH]cc(CCc3ccc(C(=O)N[C@@H](CCC(=O)O)C(=O)O)cc3)c2c(=O)[nH]1. The summed E-state index contributed by atoms with van der Waals surface area (Å²) in [6.45, 7) is 10.3. The first-order valence-electron chi connectivity index (χ1n) is 18.0. The van der Waals surface area contributed by atoms with Crippen LogP contribution in [0.3, 0.4) is 0 Å². The zero-order valence-electron chi connectivity index (χ0n) is 30.9. The van der Waals surface area contributed by atoms with E-state index in [0.717, 1.165) is 68.7 Å². The molecule has 0 saturated carbocycles. The van der Waals surface area contributed by atoms with Crippen LogP contribution >= 0.6 is 11.3 Å². The molecular formula is C40H45N7O7S. The maximum atomic E-state index is 13.0. The number of nitrogens with one attached hydrogen (secondary N) is 4. The predicted octanol–water partition coefficient (Wildman–Crippen LogP) is 5.14. The van der Waals surface area contributed by atoms with Gasteiger partial charge in [-0.3, -0.25) is 24.2 Å². The Hall–Kier alpha value is -6.06. The number of aliphatic carboxylic acids is 2. The van der Waals surface area contributed by atoms with E-state index < -0.39 is 23.9 Å². The van der Waals surface area contributed by atoms with Crippen molar-refractivity contribution in [2.45, 2.75) is 52.5 Å². The van der Waals surface area contributed by atoms with Crippen LogP contribution in [0.5, 0.6) is 0 Å². The van der Waals surface area contributed by atoms with Gasteiger partial charge in [0.25, 0.3) is 11.5 Å². The molecule has 0 aliphatic carbocycles. The summed E-state index contributed by atoms with van der Waals surface area (Å²) < 4.78 is 2.14. The summed E-state index contributed by atoms with van der Waals surface area (Å²) in [7, 11) is 0. The Morgan fingerprint density at radius 3 is 2.38 bits per heavy atom. The second kappa shape index (κ2) is 18.3. The quantitative estimate of drug-likeness (QED) is 0.0678. The highest BCUT2D eigenvalue weighted by Crippen LogP contribution is 2.31. The molecule has 0 aliphatic rings. The minimum absolute atomic E-state index is 0.0351. The lowest BCUT2D eigenvalue weighted by atomic mass is 10.0. The molecule has 1 amide bonds. The Labute approximate surface area is 320 Å². The van der Waals surface area contributed by atoms with Gasteiger partial charge in [-0.25, -0.2) is 4.79 Å². The van der Waals surface area contributed by atoms with Crippen molar-refractivity contribution in [3.63, 3.8) is 0 Å². The Kier molecular flexibility index (Phi) is 13.4. The molecule has 1 atom stereocenters. The molecule has 6 rings (SSSR count). The first-order chi connectivity index (χ1) is 26.4. The van der Waals surface area contributed by atoms with Crippen molar-refractivity contribution < 1.29 is 24.6 Å². The number of carboxylic acids is 2. The number of likely N-dealkylation sites (N-methyl/N-ethyl adjacent to an activating group) is 1. The number of carbonyl (C=O) groups excluding carboxylic acids is 1. The fourth-order valence-corrected chi connectivity index (χ4v) is 7.42. The van der Waals surface area contributed by atoms with E-state index in [1.807, 2.05) is 30.3 Å². The zero-order chi connectivity index (χ0) is 39.6. The molecule has 14 nitrogen and oxygen atoms in total. The first kappa shape index (κ1) is 40.1. The van der Waals surface area contributed by atoms with E-state index in [1.54, 1.807) is 41.8 Å². The van der Waals surface area contributed by atoms with Gasteiger partial charge in [0.05, 0.1) is 10.8 Å². The van der Waals surface area contributed by atoms with E-state index in [0.29, 0.717) is 23.9 Å². The van der Waals surface area contributed by atoms with Crippen LogP contribution in [0.4, 0.5) is 11.6 Å². The van der Waals surface area contributed by atoms with Crippen LogP contribution in [0.25, 0.3) is 31.2 Å². The lowest BCUT2D eigenvalue weighted by Gasteiger charge is -2.19. The monoisotopic (exact) mass is 767 g/mol. The van der Waals surface area contributed by atoms with E-state index in [9.17, 15) is 24.0 Å². The van der Waals surface area contributed by atoms with E-state index in [-0.39, 0.29) is 35.3 Å². The normalized spacial score (nSPS) is 11.7. The third kappa shape index (κ3) is 9.93. The Morgan fingerprint density at radius 1 is 0.964 bits per heavy atom. The number of carbonyl (C=O) groups is 3. The maximum absolute atomic E-state index is 13.0. The number of rotatable bonds is 15. The van der Waals surface area contributed by atoms with Gasteiger partial charge in [-0.2, -0.15) is 4.98 Å². The van der Waals surface area contributed by atoms with E-state index in [4.69, 9.17) is 15.9 Å². The number of aryl methyl sites for hydroxylation is 3. The van der Waals surface area contributed by atoms with Crippen LogP contribution in [0.1, 0.15) is 53.7 Å². The Bertz CT molecular complexity index is 2440. The summed E-state index contributed by atoms with van der Waals surface area (Å²) >= 11 is 1.70. The van der Waals surface area contributed by atoms with Crippen molar-refractivity contribution in [1.29, 1.82) is 0 Å². The Morgan fingerprint density at radius 2 is 1.69 bits per heavy atom. The van der Waals surface area contributed by atoms with Gasteiger partial charge in [0, 0.05) is 51.7 Å². The minimum atomic E-state index is -1.30. The van der Waals surface area contributed by atoms with Gasteiger partial charge in [0.2, 0.25) is 5.95 Å². The number of fused-ring (bicyclic) bond motifs is 3. The van der Waals surface area contributed by atoms with E-state index in [1.165, 1.54) is 0 Å². The number of aromatic amines is 2. The molecule has 288 valence electrons. The van der Waals surface area contributed by atoms with Crippen LogP contribution in [0, 0.1) is 6.92 Å². The highest BCUT2D eigenvalue weighted by molar-refractivity contribution is 7.24. The zero-order valence-corrected chi connectivity index (χ0v) is 31.7. The predicted molar refractivity (Wildman–Crippen MR) is 217 cm³/mol. The van der Waals surface area contributed by atoms with Crippen molar-refractivity contribution in [3.8, 4) is 0 Å². The third-order valence-corrected chi connectivity index (χ3v) is 10.7. The van der Waals surface area contributed by atoms with Crippen molar-refractivity contribution in [3.05, 3.63) is 110 Å². The maximum Gasteiger partial charge on any atom is 0.326 e. The lowest BCUT2D eigenvalue weighted by Crippen LogP contribution is -2.41. The number of hydrogen-bond donors (Lipinski definition) is 7. The topological polar surface area (TPSA) is 224 Å². The molecule has 55 heavy (non-hydrogen) atoms. The van der Waals surface area contributed by atoms with Crippen molar-refractivity contribution in [1.82, 2.24) is 25.2 Å². The highest BCUT2D eigenvalue weighted by Gasteiger charge is 2.22. The fourth-order valence-electron chi connectivity index (χ4n) is 6.25. The van der Waals surface area contributed by atoms with E-state index >= 15 is 0 Å². The molecule has 3 aromatic carbocycles. The number of nitrogen functional groups attached to an aromatic ring is 1. The number of carboxylic acid groups (broad SMARTS) is 2. The van der Waals surface area contributed by atoms with Crippen LogP contribution in [-0.2, 0) is 22.4 Å². The van der Waals surface area contributed by atoms with Crippen LogP contribution in [-0.4, -0.2) is 80.1 Å². The standard InChI is InChI=1S/C20H21N5O6.C20H24N2OS/c21-20-24-16-15(18(29)25-20)12(9-22-16)6-3-10-1-4-11(5-2-10)17(28)23-13(19(30)31)7-8-14(26)27;1-4-22(5-2)13-12-21-16-11-10-14(3)20-18(16)19(23)15-8-6-7-9-17(15)24-20/h1-2,4-5,9,13H,3,6-8H2,(H,23,28)(H,26,27)(H,30,31)(H4,21,22,24,25,29);6-11,21H,4-5,12-13H2,1-3H3/t13-;/m0./s1. The Balaban J connectivity index is 0.000000218. The number of aromatic nitrogens is 3. The van der Waals surface area contributed by atoms with Crippen molar-refractivity contribution in [2.24, 2.45) is 0 Å². The van der Waals surface area contributed by atoms with E-state index in [2.05, 4.69) is 57.3 Å². The van der Waals surface area contributed by atoms with Crippen molar-refractivity contribution >= 4 is 72.0 Å². The van der Waals surface area contributed by atoms with Gasteiger partial charge < -0.3 is 36.5 Å². The largest absolute Gasteiger partial charge is 0.481 e. The third-order valence-electron chi connectivity index (χ3n) is 9.35. The lowest BCUT2D eigenvalue weighted by molar-refractivity contribution is -0.140. The summed E-state index contributed by atoms with van der Waals surface area (Å²) in [5, 5.41) is 25.8. The molecule has 15 heteroatoms. The molecule has 0 unspecified atom stereocenters. The average Bonchev–Trinajstić information content (AvgIpc) is 3.58. The molecule has 3 heterocycles. The highest BCUT2D eigenvalue weighted by atomic mass is 32.1. The molecular weight excluding hydrogens is 723 g/mol. The summed E-state index contributed by atoms with van der Waals surface area (Å²) in [5.74, 6) is -3.00. The summed E-state index contributed by atoms with van der Waals surface area (Å²) in [6.07, 6.45) is 2.27. The number of hydrogen-bond acceptors (Lipinski definition) is 10. The van der Waals surface area contributed by atoms with Gasteiger partial charge in [-0.1, -0.05) is 44.2 Å². The first-order valence-corrected chi connectivity index (χ1v) is 18.8. The average molecular weight is 768 g/mol. The van der Waals surface area contributed by atoms with Gasteiger partial charge in [0.15, 0.2) is 5.43 Å². The molecule has 8 N–H and O–H groups in total. The van der Waals surface area contributed by atoms with Gasteiger partial charge >= 0.3 is 11.9 Å². The number of benzene rings is 3. The number of nitrogens with two attached hydrogens (primary N) is 1. The minimum Gasteiger partial charge on any atom is -0.481 e. The molecule has 3 aromatic heterocycles. The number of amides is 1. The smallest absolute Gasteiger partial charge is 0.326 e. The number of nitrogens with zero attached hydrogens (tertiary/aromatic N) is 2. The van der Waals surface area contributed by atoms with Crippen molar-refractivity contribution in [2.75, 3.05) is 37.2 Å². The summed E-state index contributed by atoms with van der Waals surface area (Å²) in [5.41, 5.74) is 9.83. The molecule has 0 saturated heterocycles.